The number of pyridine rings is 1. The van der Waals surface area contributed by atoms with Gasteiger partial charge in [0.2, 0.25) is 5.95 Å². The van der Waals surface area contributed by atoms with E-state index in [0.717, 1.165) is 20.8 Å². The van der Waals surface area contributed by atoms with Gasteiger partial charge in [-0.2, -0.15) is 4.98 Å². The van der Waals surface area contributed by atoms with E-state index < -0.39 is 28.6 Å². The molecular weight excluding hydrogens is 508 g/mol. The van der Waals surface area contributed by atoms with E-state index in [0.29, 0.717) is 23.4 Å². The molecule has 0 fully saturated rings. The van der Waals surface area contributed by atoms with Crippen LogP contribution in [0.4, 0.5) is 20.4 Å². The van der Waals surface area contributed by atoms with E-state index in [-0.39, 0.29) is 35.7 Å². The average Bonchev–Trinajstić information content (AvgIpc) is 2.91. The van der Waals surface area contributed by atoms with E-state index in [9.17, 15) is 23.2 Å². The van der Waals surface area contributed by atoms with Crippen LogP contribution in [0.25, 0.3) is 5.57 Å². The topological polar surface area (TPSA) is 111 Å². The van der Waals surface area contributed by atoms with Crippen LogP contribution in [0, 0.1) is 11.6 Å². The fourth-order valence-electron chi connectivity index (χ4n) is 4.12. The largest absolute Gasteiger partial charge is 0.497 e. The summed E-state index contributed by atoms with van der Waals surface area (Å²) in [6.07, 6.45) is 2.03. The SMILES string of the molecule is C=C(C)c1cc(Cn2c(Nc3ccc(OC)cc3CC)nc(=O)n(Cc3ccc[nH]c3=O)c2=O)cc(F)c1F. The Balaban J connectivity index is 1.89. The van der Waals surface area contributed by atoms with E-state index in [1.54, 1.807) is 25.3 Å². The van der Waals surface area contributed by atoms with E-state index in [1.165, 1.54) is 25.3 Å². The number of nitrogens with zero attached hydrogens (tertiary/aromatic N) is 3. The minimum absolute atomic E-state index is 0.0342. The number of methoxy groups -OCH3 is 1. The molecule has 0 aliphatic carbocycles. The molecular formula is C28H27F2N5O4. The van der Waals surface area contributed by atoms with Crippen molar-refractivity contribution in [3.05, 3.63) is 120 Å². The first-order valence-electron chi connectivity index (χ1n) is 12.1. The minimum Gasteiger partial charge on any atom is -0.497 e. The van der Waals surface area contributed by atoms with Crippen molar-refractivity contribution in [1.29, 1.82) is 0 Å². The molecule has 202 valence electrons. The monoisotopic (exact) mass is 535 g/mol. The predicted molar refractivity (Wildman–Crippen MR) is 145 cm³/mol. The number of benzene rings is 2. The van der Waals surface area contributed by atoms with Gasteiger partial charge in [-0.3, -0.25) is 9.36 Å². The van der Waals surface area contributed by atoms with Crippen LogP contribution in [0.1, 0.15) is 36.1 Å². The summed E-state index contributed by atoms with van der Waals surface area (Å²) >= 11 is 0. The smallest absolute Gasteiger partial charge is 0.355 e. The number of nitrogens with one attached hydrogen (secondary N) is 2. The van der Waals surface area contributed by atoms with Crippen molar-refractivity contribution in [3.8, 4) is 5.75 Å². The second kappa shape index (κ2) is 11.3. The van der Waals surface area contributed by atoms with E-state index >= 15 is 0 Å². The van der Waals surface area contributed by atoms with Gasteiger partial charge in [0.15, 0.2) is 11.6 Å². The molecule has 0 spiro atoms. The lowest BCUT2D eigenvalue weighted by atomic mass is 10.0. The van der Waals surface area contributed by atoms with Crippen LogP contribution in [0.2, 0.25) is 0 Å². The Morgan fingerprint density at radius 2 is 1.85 bits per heavy atom. The highest BCUT2D eigenvalue weighted by molar-refractivity contribution is 5.63. The lowest BCUT2D eigenvalue weighted by Gasteiger charge is -2.18. The summed E-state index contributed by atoms with van der Waals surface area (Å²) < 4.78 is 36.0. The molecule has 2 aromatic carbocycles. The van der Waals surface area contributed by atoms with Gasteiger partial charge in [-0.25, -0.2) is 22.9 Å². The number of aromatic nitrogens is 4. The van der Waals surface area contributed by atoms with E-state index in [4.69, 9.17) is 4.74 Å². The average molecular weight is 536 g/mol. The van der Waals surface area contributed by atoms with Crippen molar-refractivity contribution in [2.24, 2.45) is 0 Å². The Labute approximate surface area is 222 Å². The number of aryl methyl sites for hydroxylation is 1. The summed E-state index contributed by atoms with van der Waals surface area (Å²) in [5, 5.41) is 3.04. The third-order valence-electron chi connectivity index (χ3n) is 6.21. The molecule has 0 bridgehead atoms. The molecule has 2 N–H and O–H groups in total. The van der Waals surface area contributed by atoms with Gasteiger partial charge >= 0.3 is 11.4 Å². The molecule has 0 saturated carbocycles. The number of halogens is 2. The molecule has 0 unspecified atom stereocenters. The van der Waals surface area contributed by atoms with Crippen LogP contribution >= 0.6 is 0 Å². The Hall–Kier alpha value is -4.80. The molecule has 4 aromatic rings. The van der Waals surface area contributed by atoms with Gasteiger partial charge in [0.1, 0.15) is 5.75 Å². The fraction of sp³-hybridized carbons (Fsp3) is 0.214. The van der Waals surface area contributed by atoms with E-state index in [2.05, 4.69) is 21.9 Å². The first kappa shape index (κ1) is 27.2. The first-order valence-corrected chi connectivity index (χ1v) is 12.1. The summed E-state index contributed by atoms with van der Waals surface area (Å²) in [5.41, 5.74) is -0.0654. The summed E-state index contributed by atoms with van der Waals surface area (Å²) in [6.45, 7) is 6.57. The van der Waals surface area contributed by atoms with Gasteiger partial charge < -0.3 is 15.0 Å². The highest BCUT2D eigenvalue weighted by Crippen LogP contribution is 2.26. The van der Waals surface area contributed by atoms with Crippen LogP contribution < -0.4 is 27.0 Å². The highest BCUT2D eigenvalue weighted by Gasteiger charge is 2.18. The zero-order valence-electron chi connectivity index (χ0n) is 21.7. The van der Waals surface area contributed by atoms with Crippen molar-refractivity contribution in [1.82, 2.24) is 19.1 Å². The maximum absolute atomic E-state index is 14.5. The number of rotatable bonds is 9. The molecule has 0 radical (unpaired) electrons. The normalized spacial score (nSPS) is 10.9. The molecule has 39 heavy (non-hydrogen) atoms. The lowest BCUT2D eigenvalue weighted by molar-refractivity contribution is 0.414. The van der Waals surface area contributed by atoms with Gasteiger partial charge in [0.25, 0.3) is 5.56 Å². The first-order chi connectivity index (χ1) is 18.6. The fourth-order valence-corrected chi connectivity index (χ4v) is 4.12. The third-order valence-corrected chi connectivity index (χ3v) is 6.21. The van der Waals surface area contributed by atoms with Gasteiger partial charge in [-0.15, -0.1) is 0 Å². The summed E-state index contributed by atoms with van der Waals surface area (Å²) in [7, 11) is 1.54. The summed E-state index contributed by atoms with van der Waals surface area (Å²) in [4.78, 5) is 45.5. The molecule has 0 amide bonds. The van der Waals surface area contributed by atoms with Crippen molar-refractivity contribution in [2.45, 2.75) is 33.4 Å². The number of hydrogen-bond acceptors (Lipinski definition) is 6. The highest BCUT2D eigenvalue weighted by atomic mass is 19.2. The molecule has 0 aliphatic heterocycles. The zero-order chi connectivity index (χ0) is 28.3. The number of ether oxygens (including phenoxy) is 1. The minimum atomic E-state index is -1.10. The maximum atomic E-state index is 14.5. The standard InChI is InChI=1S/C28H27F2N5O4/c1-5-18-13-20(39-4)8-9-23(18)32-26-33-27(37)35(15-19-7-6-10-31-25(19)36)28(38)34(26)14-17-11-21(16(2)3)24(30)22(29)12-17/h6-13H,2,5,14-15H2,1,3-4H3,(H,31,36)(H,32,33,37). The second-order valence-corrected chi connectivity index (χ2v) is 8.92. The molecule has 0 atom stereocenters. The van der Waals surface area contributed by atoms with Crippen LogP contribution in [0.5, 0.6) is 5.75 Å². The van der Waals surface area contributed by atoms with Crippen LogP contribution in [-0.2, 0) is 19.5 Å². The Kier molecular flexibility index (Phi) is 7.89. The molecule has 9 nitrogen and oxygen atoms in total. The number of aromatic amines is 1. The van der Waals surface area contributed by atoms with Crippen LogP contribution in [-0.4, -0.2) is 26.2 Å². The zero-order valence-corrected chi connectivity index (χ0v) is 21.7. The number of H-pyrrole nitrogens is 1. The van der Waals surface area contributed by atoms with Crippen molar-refractivity contribution in [2.75, 3.05) is 12.4 Å². The predicted octanol–water partition coefficient (Wildman–Crippen LogP) is 3.82. The molecule has 0 aliphatic rings. The van der Waals surface area contributed by atoms with Gasteiger partial charge in [-0.1, -0.05) is 19.6 Å². The van der Waals surface area contributed by atoms with Crippen molar-refractivity contribution in [3.63, 3.8) is 0 Å². The molecule has 4 rings (SSSR count). The van der Waals surface area contributed by atoms with Gasteiger partial charge in [0.05, 0.1) is 20.2 Å². The third kappa shape index (κ3) is 5.71. The van der Waals surface area contributed by atoms with Crippen LogP contribution in [0.15, 0.2) is 69.6 Å². The molecule has 2 aromatic heterocycles. The van der Waals surface area contributed by atoms with Gasteiger partial charge in [-0.05, 0) is 66.4 Å². The number of hydrogen-bond donors (Lipinski definition) is 2. The Bertz CT molecular complexity index is 1740. The van der Waals surface area contributed by atoms with Crippen molar-refractivity contribution >= 4 is 17.2 Å². The molecule has 11 heteroatoms. The van der Waals surface area contributed by atoms with E-state index in [1.807, 2.05) is 13.0 Å². The molecule has 2 heterocycles. The second-order valence-electron chi connectivity index (χ2n) is 8.92. The molecule has 0 saturated heterocycles. The summed E-state index contributed by atoms with van der Waals surface area (Å²) in [5.74, 6) is -1.63. The maximum Gasteiger partial charge on any atom is 0.355 e. The van der Waals surface area contributed by atoms with Crippen LogP contribution in [0.3, 0.4) is 0 Å². The summed E-state index contributed by atoms with van der Waals surface area (Å²) in [6, 6.07) is 10.7. The lowest BCUT2D eigenvalue weighted by Crippen LogP contribution is -2.43. The Morgan fingerprint density at radius 1 is 1.08 bits per heavy atom. The number of anilines is 2. The van der Waals surface area contributed by atoms with Crippen molar-refractivity contribution < 1.29 is 13.5 Å². The van der Waals surface area contributed by atoms with Gasteiger partial charge in [0, 0.05) is 23.0 Å². The quantitative estimate of drug-likeness (QED) is 0.337. The Morgan fingerprint density at radius 3 is 2.51 bits per heavy atom. The number of allylic oxidation sites excluding steroid dienone is 1.